The van der Waals surface area contributed by atoms with Gasteiger partial charge in [-0.25, -0.2) is 0 Å². The van der Waals surface area contributed by atoms with E-state index in [1.54, 1.807) is 0 Å². The fraction of sp³-hybridized carbons (Fsp3) is 0.500. The highest BCUT2D eigenvalue weighted by atomic mass is 79.9. The maximum absolute atomic E-state index is 6.00. The first-order valence-corrected chi connectivity index (χ1v) is 7.32. The molecule has 0 aliphatic carbocycles. The van der Waals surface area contributed by atoms with Crippen molar-refractivity contribution in [1.82, 2.24) is 0 Å². The zero-order valence-electron chi connectivity index (χ0n) is 8.71. The van der Waals surface area contributed by atoms with E-state index in [4.69, 9.17) is 5.73 Å². The second-order valence-corrected chi connectivity index (χ2v) is 6.20. The molecule has 1 aliphatic heterocycles. The van der Waals surface area contributed by atoms with E-state index in [-0.39, 0.29) is 0 Å². The zero-order chi connectivity index (χ0) is 10.7. The highest BCUT2D eigenvalue weighted by molar-refractivity contribution is 9.10. The van der Waals surface area contributed by atoms with Crippen LogP contribution in [-0.4, -0.2) is 11.5 Å². The number of anilines is 1. The van der Waals surface area contributed by atoms with Crippen LogP contribution >= 0.6 is 27.7 Å². The van der Waals surface area contributed by atoms with Crippen molar-refractivity contribution in [3.8, 4) is 0 Å². The molecule has 1 aliphatic rings. The highest BCUT2D eigenvalue weighted by Gasteiger charge is 2.15. The van der Waals surface area contributed by atoms with E-state index in [1.165, 1.54) is 29.9 Å². The van der Waals surface area contributed by atoms with Crippen LogP contribution in [0.2, 0.25) is 0 Å². The number of hydrogen-bond donors (Lipinski definition) is 1. The van der Waals surface area contributed by atoms with E-state index in [0.717, 1.165) is 22.5 Å². The number of hydrogen-bond acceptors (Lipinski definition) is 2. The summed E-state index contributed by atoms with van der Waals surface area (Å²) in [5, 5.41) is 0. The van der Waals surface area contributed by atoms with Gasteiger partial charge >= 0.3 is 0 Å². The molecule has 1 saturated heterocycles. The lowest BCUT2D eigenvalue weighted by Gasteiger charge is -2.21. The van der Waals surface area contributed by atoms with Gasteiger partial charge in [0.25, 0.3) is 0 Å². The van der Waals surface area contributed by atoms with E-state index in [9.17, 15) is 0 Å². The molecule has 2 rings (SSSR count). The standard InChI is InChI=1S/C12H16BrNS/c13-11-4-3-10(12(14)7-11)6-9-2-1-5-15-8-9/h3-4,7,9H,1-2,5-6,8,14H2. The summed E-state index contributed by atoms with van der Waals surface area (Å²) in [6.45, 7) is 0. The van der Waals surface area contributed by atoms with Crippen LogP contribution in [0, 0.1) is 5.92 Å². The summed E-state index contributed by atoms with van der Waals surface area (Å²) >= 11 is 5.52. The maximum Gasteiger partial charge on any atom is 0.0357 e. The van der Waals surface area contributed by atoms with Crippen molar-refractivity contribution in [1.29, 1.82) is 0 Å². The Morgan fingerprint density at radius 2 is 2.33 bits per heavy atom. The monoisotopic (exact) mass is 285 g/mol. The van der Waals surface area contributed by atoms with Crippen LogP contribution < -0.4 is 5.73 Å². The van der Waals surface area contributed by atoms with Gasteiger partial charge < -0.3 is 5.73 Å². The Labute approximate surface area is 104 Å². The molecule has 1 atom stereocenters. The lowest BCUT2D eigenvalue weighted by Crippen LogP contribution is -2.14. The van der Waals surface area contributed by atoms with Crippen LogP contribution in [0.25, 0.3) is 0 Å². The number of halogens is 1. The van der Waals surface area contributed by atoms with Gasteiger partial charge in [-0.1, -0.05) is 22.0 Å². The van der Waals surface area contributed by atoms with Gasteiger partial charge in [0.2, 0.25) is 0 Å². The number of nitrogen functional groups attached to an aromatic ring is 1. The van der Waals surface area contributed by atoms with Crippen molar-refractivity contribution in [2.24, 2.45) is 5.92 Å². The summed E-state index contributed by atoms with van der Waals surface area (Å²) in [4.78, 5) is 0. The lowest BCUT2D eigenvalue weighted by molar-refractivity contribution is 0.522. The molecule has 1 unspecified atom stereocenters. The second-order valence-electron chi connectivity index (χ2n) is 4.13. The molecular formula is C12H16BrNS. The topological polar surface area (TPSA) is 26.0 Å². The van der Waals surface area contributed by atoms with Gasteiger partial charge in [-0.05, 0) is 54.4 Å². The summed E-state index contributed by atoms with van der Waals surface area (Å²) in [5.74, 6) is 3.47. The molecule has 1 aromatic carbocycles. The van der Waals surface area contributed by atoms with E-state index >= 15 is 0 Å². The van der Waals surface area contributed by atoms with Gasteiger partial charge in [0.05, 0.1) is 0 Å². The summed E-state index contributed by atoms with van der Waals surface area (Å²) < 4.78 is 1.07. The Morgan fingerprint density at radius 1 is 1.47 bits per heavy atom. The molecule has 0 aromatic heterocycles. The van der Waals surface area contributed by atoms with Crippen LogP contribution in [0.4, 0.5) is 5.69 Å². The molecule has 82 valence electrons. The predicted octanol–water partition coefficient (Wildman–Crippen LogP) is 3.72. The van der Waals surface area contributed by atoms with Crippen LogP contribution in [-0.2, 0) is 6.42 Å². The normalized spacial score (nSPS) is 21.5. The number of rotatable bonds is 2. The van der Waals surface area contributed by atoms with Crippen molar-refractivity contribution in [3.63, 3.8) is 0 Å². The van der Waals surface area contributed by atoms with Gasteiger partial charge in [-0.3, -0.25) is 0 Å². The average Bonchev–Trinajstić information content (AvgIpc) is 2.24. The summed E-state index contributed by atoms with van der Waals surface area (Å²) in [5.41, 5.74) is 8.24. The van der Waals surface area contributed by atoms with E-state index in [1.807, 2.05) is 6.07 Å². The van der Waals surface area contributed by atoms with E-state index < -0.39 is 0 Å². The van der Waals surface area contributed by atoms with Gasteiger partial charge in [0.1, 0.15) is 0 Å². The van der Waals surface area contributed by atoms with Crippen LogP contribution in [0.1, 0.15) is 18.4 Å². The van der Waals surface area contributed by atoms with Crippen molar-refractivity contribution in [2.45, 2.75) is 19.3 Å². The minimum Gasteiger partial charge on any atom is -0.398 e. The fourth-order valence-electron chi connectivity index (χ4n) is 2.03. The van der Waals surface area contributed by atoms with Gasteiger partial charge in [0.15, 0.2) is 0 Å². The Bertz CT molecular complexity index is 334. The number of thioether (sulfide) groups is 1. The largest absolute Gasteiger partial charge is 0.398 e. The van der Waals surface area contributed by atoms with Gasteiger partial charge in [-0.15, -0.1) is 0 Å². The third kappa shape index (κ3) is 3.15. The molecule has 1 fully saturated rings. The van der Waals surface area contributed by atoms with Crippen molar-refractivity contribution < 1.29 is 0 Å². The Kier molecular flexibility index (Phi) is 3.98. The number of nitrogens with two attached hydrogens (primary N) is 1. The van der Waals surface area contributed by atoms with E-state index in [2.05, 4.69) is 39.8 Å². The van der Waals surface area contributed by atoms with Crippen LogP contribution in [0.15, 0.2) is 22.7 Å². The third-order valence-electron chi connectivity index (χ3n) is 2.87. The molecule has 0 saturated carbocycles. The number of benzene rings is 1. The lowest BCUT2D eigenvalue weighted by atomic mass is 9.95. The minimum absolute atomic E-state index is 0.826. The molecule has 1 nitrogen and oxygen atoms in total. The van der Waals surface area contributed by atoms with Crippen molar-refractivity contribution in [3.05, 3.63) is 28.2 Å². The molecule has 3 heteroatoms. The van der Waals surface area contributed by atoms with Gasteiger partial charge in [0, 0.05) is 10.2 Å². The second kappa shape index (κ2) is 5.26. The van der Waals surface area contributed by atoms with Crippen molar-refractivity contribution in [2.75, 3.05) is 17.2 Å². The van der Waals surface area contributed by atoms with E-state index in [0.29, 0.717) is 0 Å². The Balaban J connectivity index is 2.03. The molecule has 1 heterocycles. The summed E-state index contributed by atoms with van der Waals surface area (Å²) in [7, 11) is 0. The van der Waals surface area contributed by atoms with Crippen LogP contribution in [0.5, 0.6) is 0 Å². The minimum atomic E-state index is 0.826. The zero-order valence-corrected chi connectivity index (χ0v) is 11.1. The highest BCUT2D eigenvalue weighted by Crippen LogP contribution is 2.28. The van der Waals surface area contributed by atoms with Crippen LogP contribution in [0.3, 0.4) is 0 Å². The quantitative estimate of drug-likeness (QED) is 0.839. The molecule has 0 radical (unpaired) electrons. The third-order valence-corrected chi connectivity index (χ3v) is 4.65. The first-order chi connectivity index (χ1) is 7.25. The van der Waals surface area contributed by atoms with Gasteiger partial charge in [-0.2, -0.15) is 11.8 Å². The molecule has 1 aromatic rings. The molecule has 15 heavy (non-hydrogen) atoms. The first-order valence-electron chi connectivity index (χ1n) is 5.37. The predicted molar refractivity (Wildman–Crippen MR) is 72.3 cm³/mol. The molecule has 0 spiro atoms. The van der Waals surface area contributed by atoms with Crippen molar-refractivity contribution >= 4 is 33.4 Å². The SMILES string of the molecule is Nc1cc(Br)ccc1CC1CCCSC1. The Morgan fingerprint density at radius 3 is 3.00 bits per heavy atom. The smallest absolute Gasteiger partial charge is 0.0357 e. The molecule has 0 amide bonds. The molecule has 0 bridgehead atoms. The summed E-state index contributed by atoms with van der Waals surface area (Å²) in [6, 6.07) is 6.24. The average molecular weight is 286 g/mol. The maximum atomic E-state index is 6.00. The summed E-state index contributed by atoms with van der Waals surface area (Å²) in [6.07, 6.45) is 3.88. The molecule has 2 N–H and O–H groups in total. The molecular weight excluding hydrogens is 270 g/mol. The Hall–Kier alpha value is -0.150. The fourth-order valence-corrected chi connectivity index (χ4v) is 3.57. The first kappa shape index (κ1) is 11.3.